The van der Waals surface area contributed by atoms with Crippen LogP contribution < -0.4 is 10.6 Å². The van der Waals surface area contributed by atoms with Crippen molar-refractivity contribution in [1.82, 2.24) is 0 Å². The van der Waals surface area contributed by atoms with Gasteiger partial charge in [-0.05, 0) is 0 Å². The Bertz CT molecular complexity index is 474. The molecule has 0 radical (unpaired) electrons. The third-order valence-corrected chi connectivity index (χ3v) is 4.44. The Morgan fingerprint density at radius 2 is 1.42 bits per heavy atom. The van der Waals surface area contributed by atoms with E-state index in [9.17, 15) is 4.79 Å². The third-order valence-electron chi connectivity index (χ3n) is 2.52. The first-order valence-electron chi connectivity index (χ1n) is 5.91. The number of carbonyl (C=O) groups excluding carboxylic acids is 1. The summed E-state index contributed by atoms with van der Waals surface area (Å²) in [5.41, 5.74) is 0. The number of carbonyl (C=O) groups is 1. The molecule has 0 aliphatic carbocycles. The van der Waals surface area contributed by atoms with Gasteiger partial charge >= 0.3 is 5.97 Å². The van der Waals surface area contributed by atoms with Gasteiger partial charge < -0.3 is 9.26 Å². The first-order chi connectivity index (χ1) is 9.31. The Hall–Kier alpha value is -1.70. The topological polar surface area (TPSA) is 35.5 Å². The summed E-state index contributed by atoms with van der Waals surface area (Å²) in [4.78, 5) is 11.2. The SMILES string of the molecule is COC(=O)COP(c1ccccc1)c1ccccc1. The lowest BCUT2D eigenvalue weighted by Crippen LogP contribution is -2.17. The molecule has 0 atom stereocenters. The second kappa shape index (κ2) is 7.03. The highest BCUT2D eigenvalue weighted by Gasteiger charge is 2.16. The molecule has 4 heteroatoms. The summed E-state index contributed by atoms with van der Waals surface area (Å²) in [6.07, 6.45) is 0. The van der Waals surface area contributed by atoms with Crippen LogP contribution in [-0.4, -0.2) is 19.7 Å². The Labute approximate surface area is 114 Å². The van der Waals surface area contributed by atoms with Crippen molar-refractivity contribution in [2.75, 3.05) is 13.7 Å². The largest absolute Gasteiger partial charge is 0.467 e. The van der Waals surface area contributed by atoms with Crippen molar-refractivity contribution in [2.24, 2.45) is 0 Å². The number of rotatable bonds is 5. The van der Waals surface area contributed by atoms with Crippen LogP contribution in [0.1, 0.15) is 0 Å². The number of ether oxygens (including phenoxy) is 1. The minimum atomic E-state index is -0.990. The minimum Gasteiger partial charge on any atom is -0.467 e. The van der Waals surface area contributed by atoms with E-state index in [4.69, 9.17) is 4.52 Å². The zero-order valence-corrected chi connectivity index (χ0v) is 11.5. The molecule has 19 heavy (non-hydrogen) atoms. The van der Waals surface area contributed by atoms with Crippen molar-refractivity contribution in [3.8, 4) is 0 Å². The molecular weight excluding hydrogens is 259 g/mol. The lowest BCUT2D eigenvalue weighted by Gasteiger charge is -2.17. The van der Waals surface area contributed by atoms with Crippen LogP contribution in [0.25, 0.3) is 0 Å². The first kappa shape index (κ1) is 13.7. The van der Waals surface area contributed by atoms with Crippen LogP contribution in [0.5, 0.6) is 0 Å². The summed E-state index contributed by atoms with van der Waals surface area (Å²) >= 11 is 0. The Morgan fingerprint density at radius 1 is 0.947 bits per heavy atom. The van der Waals surface area contributed by atoms with Crippen LogP contribution >= 0.6 is 8.15 Å². The summed E-state index contributed by atoms with van der Waals surface area (Å²) in [6, 6.07) is 19.8. The van der Waals surface area contributed by atoms with Crippen molar-refractivity contribution in [1.29, 1.82) is 0 Å². The van der Waals surface area contributed by atoms with Crippen molar-refractivity contribution >= 4 is 24.7 Å². The highest BCUT2D eigenvalue weighted by atomic mass is 31.1. The molecule has 3 nitrogen and oxygen atoms in total. The van der Waals surface area contributed by atoms with E-state index in [1.165, 1.54) is 7.11 Å². The van der Waals surface area contributed by atoms with Gasteiger partial charge in [0.25, 0.3) is 0 Å². The zero-order valence-electron chi connectivity index (χ0n) is 10.7. The lowest BCUT2D eigenvalue weighted by atomic mass is 10.4. The number of hydrogen-bond donors (Lipinski definition) is 0. The molecule has 0 saturated carbocycles. The molecule has 0 aliphatic heterocycles. The molecule has 0 N–H and O–H groups in total. The molecule has 0 fully saturated rings. The molecule has 0 heterocycles. The monoisotopic (exact) mass is 274 g/mol. The van der Waals surface area contributed by atoms with E-state index in [2.05, 4.69) is 4.74 Å². The predicted molar refractivity (Wildman–Crippen MR) is 77.0 cm³/mol. The van der Waals surface area contributed by atoms with Crippen LogP contribution in [0.15, 0.2) is 60.7 Å². The molecule has 2 rings (SSSR count). The molecule has 2 aromatic carbocycles. The summed E-state index contributed by atoms with van der Waals surface area (Å²) in [5, 5.41) is 2.15. The van der Waals surface area contributed by atoms with Crippen molar-refractivity contribution in [3.05, 3.63) is 60.7 Å². The molecule has 98 valence electrons. The molecule has 0 spiro atoms. The molecule has 0 amide bonds. The van der Waals surface area contributed by atoms with Gasteiger partial charge in [0, 0.05) is 10.6 Å². The van der Waals surface area contributed by atoms with Gasteiger partial charge in [0.2, 0.25) is 0 Å². The van der Waals surface area contributed by atoms with Gasteiger partial charge in [0.05, 0.1) is 15.3 Å². The number of benzene rings is 2. The standard InChI is InChI=1S/C15H15O3P/c1-17-15(16)12-18-19(13-8-4-2-5-9-13)14-10-6-3-7-11-14/h2-11H,12H2,1H3. The molecule has 0 saturated heterocycles. The number of hydrogen-bond acceptors (Lipinski definition) is 3. The average Bonchev–Trinajstić information content (AvgIpc) is 2.49. The maximum atomic E-state index is 11.2. The lowest BCUT2D eigenvalue weighted by molar-refractivity contribution is -0.142. The molecule has 2 aromatic rings. The summed E-state index contributed by atoms with van der Waals surface area (Å²) in [5.74, 6) is -0.362. The Kier molecular flexibility index (Phi) is 5.08. The first-order valence-corrected chi connectivity index (χ1v) is 7.17. The van der Waals surface area contributed by atoms with E-state index in [-0.39, 0.29) is 12.6 Å². The highest BCUT2D eigenvalue weighted by molar-refractivity contribution is 7.68. The fraction of sp³-hybridized carbons (Fsp3) is 0.133. The number of methoxy groups -OCH3 is 1. The quantitative estimate of drug-likeness (QED) is 0.619. The van der Waals surface area contributed by atoms with Crippen LogP contribution in [0.4, 0.5) is 0 Å². The van der Waals surface area contributed by atoms with Gasteiger partial charge in [-0.2, -0.15) is 0 Å². The van der Waals surface area contributed by atoms with E-state index in [0.717, 1.165) is 10.6 Å². The smallest absolute Gasteiger partial charge is 0.332 e. The second-order valence-electron chi connectivity index (χ2n) is 3.82. The normalized spacial score (nSPS) is 10.4. The van der Waals surface area contributed by atoms with Crippen molar-refractivity contribution in [2.45, 2.75) is 0 Å². The minimum absolute atomic E-state index is 0.0357. The fourth-order valence-corrected chi connectivity index (χ4v) is 3.32. The Morgan fingerprint density at radius 3 is 1.84 bits per heavy atom. The van der Waals surface area contributed by atoms with Crippen LogP contribution in [0.3, 0.4) is 0 Å². The third kappa shape index (κ3) is 3.88. The molecule has 0 aliphatic rings. The van der Waals surface area contributed by atoms with Gasteiger partial charge in [-0.1, -0.05) is 60.7 Å². The number of esters is 1. The summed E-state index contributed by atoms with van der Waals surface area (Å²) < 4.78 is 10.4. The van der Waals surface area contributed by atoms with E-state index < -0.39 is 8.15 Å². The van der Waals surface area contributed by atoms with E-state index >= 15 is 0 Å². The zero-order chi connectivity index (χ0) is 13.5. The highest BCUT2D eigenvalue weighted by Crippen LogP contribution is 2.34. The fourth-order valence-electron chi connectivity index (χ4n) is 1.60. The van der Waals surface area contributed by atoms with Gasteiger partial charge in [0.15, 0.2) is 0 Å². The van der Waals surface area contributed by atoms with E-state index in [0.29, 0.717) is 0 Å². The maximum absolute atomic E-state index is 11.2. The Balaban J connectivity index is 2.21. The van der Waals surface area contributed by atoms with Crippen LogP contribution in [-0.2, 0) is 14.1 Å². The predicted octanol–water partition coefficient (Wildman–Crippen LogP) is 2.22. The van der Waals surface area contributed by atoms with Crippen LogP contribution in [0.2, 0.25) is 0 Å². The maximum Gasteiger partial charge on any atom is 0.332 e. The van der Waals surface area contributed by atoms with Gasteiger partial charge in [-0.15, -0.1) is 0 Å². The average molecular weight is 274 g/mol. The van der Waals surface area contributed by atoms with Crippen LogP contribution in [0, 0.1) is 0 Å². The molecule has 0 unspecified atom stereocenters. The van der Waals surface area contributed by atoms with Crippen molar-refractivity contribution in [3.63, 3.8) is 0 Å². The summed E-state index contributed by atoms with van der Waals surface area (Å²) in [7, 11) is 0.370. The van der Waals surface area contributed by atoms with Gasteiger partial charge in [0.1, 0.15) is 6.61 Å². The summed E-state index contributed by atoms with van der Waals surface area (Å²) in [6.45, 7) is -0.0357. The molecule has 0 bridgehead atoms. The van der Waals surface area contributed by atoms with Gasteiger partial charge in [-0.25, -0.2) is 4.79 Å². The van der Waals surface area contributed by atoms with E-state index in [1.807, 2.05) is 60.7 Å². The van der Waals surface area contributed by atoms with Crippen molar-refractivity contribution < 1.29 is 14.1 Å². The second-order valence-corrected chi connectivity index (χ2v) is 5.69. The van der Waals surface area contributed by atoms with Gasteiger partial charge in [-0.3, -0.25) is 0 Å². The molecule has 0 aromatic heterocycles. The molecular formula is C15H15O3P. The van der Waals surface area contributed by atoms with E-state index in [1.54, 1.807) is 0 Å².